The highest BCUT2D eigenvalue weighted by Crippen LogP contribution is 1.87. The number of rotatable bonds is 9. The van der Waals surface area contributed by atoms with Crippen molar-refractivity contribution in [2.45, 2.75) is 12.8 Å². The summed E-state index contributed by atoms with van der Waals surface area (Å²) in [5.74, 6) is 0. The van der Waals surface area contributed by atoms with E-state index in [1.807, 2.05) is 0 Å². The van der Waals surface area contributed by atoms with E-state index in [9.17, 15) is 0 Å². The van der Waals surface area contributed by atoms with Crippen LogP contribution in [0.5, 0.6) is 0 Å². The minimum absolute atomic E-state index is 0.534. The quantitative estimate of drug-likeness (QED) is 0.414. The van der Waals surface area contributed by atoms with Gasteiger partial charge in [-0.15, -0.1) is 0 Å². The molecular formula is C10H16N2O2. The summed E-state index contributed by atoms with van der Waals surface area (Å²) in [4.78, 5) is 6.43. The smallest absolute Gasteiger partial charge is 0.216 e. The standard InChI is InChI=1S/C10H16N2O2/c1-11-5-3-7-13-9-10-14-8-4-6-12-2/h3-10H2. The molecule has 0 aliphatic heterocycles. The Hall–Kier alpha value is -1.10. The van der Waals surface area contributed by atoms with Crippen molar-refractivity contribution in [2.75, 3.05) is 39.5 Å². The second-order valence-electron chi connectivity index (χ2n) is 2.70. The second kappa shape index (κ2) is 11.9. The molecule has 0 aliphatic carbocycles. The van der Waals surface area contributed by atoms with E-state index in [-0.39, 0.29) is 0 Å². The molecule has 0 radical (unpaired) electrons. The van der Waals surface area contributed by atoms with E-state index < -0.39 is 0 Å². The minimum Gasteiger partial charge on any atom is -0.379 e. The van der Waals surface area contributed by atoms with Gasteiger partial charge in [0, 0.05) is 12.8 Å². The lowest BCUT2D eigenvalue weighted by Crippen LogP contribution is -2.06. The molecule has 0 aromatic rings. The third-order valence-electron chi connectivity index (χ3n) is 1.49. The molecule has 0 saturated heterocycles. The van der Waals surface area contributed by atoms with Gasteiger partial charge in [-0.05, 0) is 0 Å². The minimum atomic E-state index is 0.534. The first kappa shape index (κ1) is 12.9. The molecule has 0 bridgehead atoms. The Morgan fingerprint density at radius 1 is 0.714 bits per heavy atom. The Balaban J connectivity index is 2.86. The lowest BCUT2D eigenvalue weighted by Gasteiger charge is -2.02. The fourth-order valence-electron chi connectivity index (χ4n) is 0.813. The van der Waals surface area contributed by atoms with E-state index in [0.29, 0.717) is 39.5 Å². The lowest BCUT2D eigenvalue weighted by atomic mass is 10.4. The molecule has 0 amide bonds. The zero-order valence-electron chi connectivity index (χ0n) is 8.37. The van der Waals surface area contributed by atoms with Gasteiger partial charge in [0.25, 0.3) is 0 Å². The Morgan fingerprint density at radius 3 is 1.50 bits per heavy atom. The van der Waals surface area contributed by atoms with Crippen molar-refractivity contribution in [1.82, 2.24) is 0 Å². The summed E-state index contributed by atoms with van der Waals surface area (Å²) in [6, 6.07) is 0. The molecule has 0 aromatic carbocycles. The zero-order chi connectivity index (χ0) is 10.5. The van der Waals surface area contributed by atoms with Gasteiger partial charge in [-0.1, -0.05) is 0 Å². The first-order chi connectivity index (χ1) is 6.91. The van der Waals surface area contributed by atoms with Crippen molar-refractivity contribution >= 4 is 0 Å². The van der Waals surface area contributed by atoms with E-state index in [0.717, 1.165) is 12.8 Å². The fourth-order valence-corrected chi connectivity index (χ4v) is 0.813. The average molecular weight is 196 g/mol. The van der Waals surface area contributed by atoms with Gasteiger partial charge in [-0.2, -0.15) is 0 Å². The third kappa shape index (κ3) is 10.9. The number of nitrogens with zero attached hydrogens (tertiary/aromatic N) is 2. The van der Waals surface area contributed by atoms with E-state index in [2.05, 4.69) is 9.69 Å². The van der Waals surface area contributed by atoms with E-state index in [1.165, 1.54) is 0 Å². The lowest BCUT2D eigenvalue weighted by molar-refractivity contribution is 0.0479. The molecular weight excluding hydrogens is 180 g/mol. The van der Waals surface area contributed by atoms with E-state index in [4.69, 9.17) is 22.6 Å². The summed E-state index contributed by atoms with van der Waals surface area (Å²) in [5, 5.41) is 0. The summed E-state index contributed by atoms with van der Waals surface area (Å²) in [5.41, 5.74) is 0. The first-order valence-corrected chi connectivity index (χ1v) is 4.73. The van der Waals surface area contributed by atoms with Crippen LogP contribution in [-0.2, 0) is 9.47 Å². The maximum atomic E-state index is 6.53. The number of hydrogen-bond acceptors (Lipinski definition) is 2. The SMILES string of the molecule is [C-]#[N+]CCCOCCOCCC[N+]#[C-]. The van der Waals surface area contributed by atoms with Crippen LogP contribution < -0.4 is 0 Å². The van der Waals surface area contributed by atoms with Crippen molar-refractivity contribution in [3.8, 4) is 0 Å². The maximum Gasteiger partial charge on any atom is 0.216 e. The summed E-state index contributed by atoms with van der Waals surface area (Å²) in [6.45, 7) is 16.6. The molecule has 4 heteroatoms. The van der Waals surface area contributed by atoms with Crippen LogP contribution in [-0.4, -0.2) is 39.5 Å². The Labute approximate surface area is 85.5 Å². The number of ether oxygens (including phenoxy) is 2. The van der Waals surface area contributed by atoms with Crippen LogP contribution >= 0.6 is 0 Å². The van der Waals surface area contributed by atoms with Gasteiger partial charge in [0.1, 0.15) is 0 Å². The van der Waals surface area contributed by atoms with Gasteiger partial charge in [-0.3, -0.25) is 0 Å². The topological polar surface area (TPSA) is 27.2 Å². The molecule has 0 aromatic heterocycles. The summed E-state index contributed by atoms with van der Waals surface area (Å²) in [7, 11) is 0. The predicted molar refractivity (Wildman–Crippen MR) is 53.8 cm³/mol. The third-order valence-corrected chi connectivity index (χ3v) is 1.49. The molecule has 0 spiro atoms. The normalized spacial score (nSPS) is 9.29. The molecule has 0 unspecified atom stereocenters. The highest BCUT2D eigenvalue weighted by atomic mass is 16.5. The van der Waals surface area contributed by atoms with Crippen LogP contribution in [0.1, 0.15) is 12.8 Å². The van der Waals surface area contributed by atoms with E-state index in [1.54, 1.807) is 0 Å². The molecule has 0 heterocycles. The molecule has 0 aliphatic rings. The zero-order valence-corrected chi connectivity index (χ0v) is 8.37. The summed E-state index contributed by atoms with van der Waals surface area (Å²) in [6.07, 6.45) is 1.59. The fraction of sp³-hybridized carbons (Fsp3) is 0.800. The van der Waals surface area contributed by atoms with Gasteiger partial charge >= 0.3 is 0 Å². The van der Waals surface area contributed by atoms with Crippen molar-refractivity contribution in [3.63, 3.8) is 0 Å². The van der Waals surface area contributed by atoms with E-state index >= 15 is 0 Å². The highest BCUT2D eigenvalue weighted by molar-refractivity contribution is 4.57. The van der Waals surface area contributed by atoms with Gasteiger partial charge in [-0.25, -0.2) is 13.1 Å². The molecule has 78 valence electrons. The molecule has 0 atom stereocenters. The van der Waals surface area contributed by atoms with Crippen LogP contribution in [0.15, 0.2) is 0 Å². The molecule has 4 nitrogen and oxygen atoms in total. The second-order valence-corrected chi connectivity index (χ2v) is 2.70. The Bertz CT molecular complexity index is 171. The van der Waals surface area contributed by atoms with Gasteiger partial charge in [0.15, 0.2) is 0 Å². The van der Waals surface area contributed by atoms with Gasteiger partial charge in [0.05, 0.1) is 26.4 Å². The van der Waals surface area contributed by atoms with Crippen molar-refractivity contribution in [3.05, 3.63) is 22.8 Å². The van der Waals surface area contributed by atoms with Crippen LogP contribution in [0.4, 0.5) is 0 Å². The Kier molecular flexibility index (Phi) is 11.0. The van der Waals surface area contributed by atoms with Crippen molar-refractivity contribution < 1.29 is 9.47 Å². The summed E-state index contributed by atoms with van der Waals surface area (Å²) >= 11 is 0. The Morgan fingerprint density at radius 2 is 1.14 bits per heavy atom. The maximum absolute atomic E-state index is 6.53. The molecule has 0 saturated carbocycles. The molecule has 14 heavy (non-hydrogen) atoms. The number of hydrogen-bond donors (Lipinski definition) is 0. The first-order valence-electron chi connectivity index (χ1n) is 4.73. The van der Waals surface area contributed by atoms with Crippen molar-refractivity contribution in [1.29, 1.82) is 0 Å². The summed E-state index contributed by atoms with van der Waals surface area (Å²) < 4.78 is 10.4. The molecule has 0 N–H and O–H groups in total. The van der Waals surface area contributed by atoms with Gasteiger partial charge in [0.2, 0.25) is 13.1 Å². The largest absolute Gasteiger partial charge is 0.379 e. The highest BCUT2D eigenvalue weighted by Gasteiger charge is 1.92. The molecule has 0 rings (SSSR count). The predicted octanol–water partition coefficient (Wildman–Crippen LogP) is 1.64. The van der Waals surface area contributed by atoms with Crippen LogP contribution in [0.25, 0.3) is 9.69 Å². The van der Waals surface area contributed by atoms with Crippen LogP contribution in [0, 0.1) is 13.1 Å². The molecule has 0 fully saturated rings. The van der Waals surface area contributed by atoms with Crippen LogP contribution in [0.3, 0.4) is 0 Å². The van der Waals surface area contributed by atoms with Gasteiger partial charge < -0.3 is 19.2 Å². The average Bonchev–Trinajstić information content (AvgIpc) is 2.21. The van der Waals surface area contributed by atoms with Crippen LogP contribution in [0.2, 0.25) is 0 Å². The monoisotopic (exact) mass is 196 g/mol. The van der Waals surface area contributed by atoms with Crippen molar-refractivity contribution in [2.24, 2.45) is 0 Å².